The first-order chi connectivity index (χ1) is 13.6. The summed E-state index contributed by atoms with van der Waals surface area (Å²) in [7, 11) is 0. The molecule has 0 aliphatic carbocycles. The molecule has 138 valence electrons. The van der Waals surface area contributed by atoms with E-state index in [4.69, 9.17) is 0 Å². The number of aromatic amines is 1. The number of carbonyl (C=O) groups excluding carboxylic acids is 2. The number of nitrogens with zero attached hydrogens (tertiary/aromatic N) is 1. The van der Waals surface area contributed by atoms with Gasteiger partial charge in [-0.1, -0.05) is 54.6 Å². The predicted octanol–water partition coefficient (Wildman–Crippen LogP) is 3.96. The van der Waals surface area contributed by atoms with Crippen LogP contribution in [-0.2, 0) is 4.79 Å². The van der Waals surface area contributed by atoms with Gasteiger partial charge in [-0.3, -0.25) is 14.6 Å². The number of pyridine rings is 1. The van der Waals surface area contributed by atoms with Crippen LogP contribution >= 0.6 is 0 Å². The number of Topliss-reactive ketones (excluding diaryl/α,β-unsaturated/α-hetero) is 1. The maximum absolute atomic E-state index is 13.0. The van der Waals surface area contributed by atoms with Gasteiger partial charge in [0.05, 0.1) is 17.3 Å². The van der Waals surface area contributed by atoms with Gasteiger partial charge in [-0.05, 0) is 30.7 Å². The smallest absolute Gasteiger partial charge is 0.293 e. The summed E-state index contributed by atoms with van der Waals surface area (Å²) in [5, 5.41) is 3.61. The molecule has 0 saturated carbocycles. The average molecular weight is 369 g/mol. The number of fused-ring (bicyclic) bond motifs is 1. The molecular formula is C23H19N3O2. The van der Waals surface area contributed by atoms with Crippen LogP contribution in [0.5, 0.6) is 0 Å². The van der Waals surface area contributed by atoms with Crippen molar-refractivity contribution in [2.75, 3.05) is 0 Å². The molecule has 2 aromatic carbocycles. The minimum absolute atomic E-state index is 0.404. The van der Waals surface area contributed by atoms with Crippen LogP contribution in [0.2, 0.25) is 0 Å². The fourth-order valence-electron chi connectivity index (χ4n) is 3.40. The van der Waals surface area contributed by atoms with Gasteiger partial charge < -0.3 is 10.3 Å². The van der Waals surface area contributed by atoms with Crippen LogP contribution in [0.3, 0.4) is 0 Å². The van der Waals surface area contributed by atoms with Crippen LogP contribution in [0.4, 0.5) is 0 Å². The number of aromatic nitrogens is 2. The summed E-state index contributed by atoms with van der Waals surface area (Å²) >= 11 is 0. The molecule has 4 rings (SSSR count). The molecule has 2 aromatic heterocycles. The highest BCUT2D eigenvalue weighted by Gasteiger charge is 2.26. The normalized spacial score (nSPS) is 11.9. The van der Waals surface area contributed by atoms with Crippen molar-refractivity contribution in [1.82, 2.24) is 15.3 Å². The second kappa shape index (κ2) is 7.48. The number of hydrogen-bond donors (Lipinski definition) is 2. The molecule has 0 bridgehead atoms. The van der Waals surface area contributed by atoms with E-state index in [1.807, 2.05) is 72.8 Å². The van der Waals surface area contributed by atoms with Crippen molar-refractivity contribution in [3.05, 3.63) is 102 Å². The van der Waals surface area contributed by atoms with Crippen molar-refractivity contribution < 1.29 is 9.59 Å². The molecule has 1 unspecified atom stereocenters. The van der Waals surface area contributed by atoms with Crippen LogP contribution in [0.15, 0.2) is 79.0 Å². The SMILES string of the molecule is Cc1[nH]c2ccccc2c1C(=O)C(=O)NC(c1ccccc1)c1ccccn1. The molecular weight excluding hydrogens is 350 g/mol. The molecule has 4 aromatic rings. The van der Waals surface area contributed by atoms with Crippen LogP contribution in [-0.4, -0.2) is 21.7 Å². The lowest BCUT2D eigenvalue weighted by molar-refractivity contribution is -0.117. The Labute approximate surface area is 162 Å². The number of rotatable bonds is 5. The van der Waals surface area contributed by atoms with E-state index < -0.39 is 17.7 Å². The number of H-pyrrole nitrogens is 1. The molecule has 0 spiro atoms. The predicted molar refractivity (Wildman–Crippen MR) is 108 cm³/mol. The Morgan fingerprint density at radius 3 is 2.39 bits per heavy atom. The van der Waals surface area contributed by atoms with E-state index in [-0.39, 0.29) is 0 Å². The Bertz CT molecular complexity index is 1090. The fourth-order valence-corrected chi connectivity index (χ4v) is 3.40. The second-order valence-electron chi connectivity index (χ2n) is 6.57. The lowest BCUT2D eigenvalue weighted by Gasteiger charge is -2.18. The molecule has 0 aliphatic heterocycles. The third-order valence-electron chi connectivity index (χ3n) is 4.72. The Morgan fingerprint density at radius 2 is 1.64 bits per heavy atom. The summed E-state index contributed by atoms with van der Waals surface area (Å²) in [6.45, 7) is 1.80. The summed E-state index contributed by atoms with van der Waals surface area (Å²) in [4.78, 5) is 33.4. The number of para-hydroxylation sites is 1. The second-order valence-corrected chi connectivity index (χ2v) is 6.57. The van der Waals surface area contributed by atoms with Crippen LogP contribution in [0, 0.1) is 6.92 Å². The zero-order valence-corrected chi connectivity index (χ0v) is 15.3. The highest BCUT2D eigenvalue weighted by atomic mass is 16.2. The third-order valence-corrected chi connectivity index (χ3v) is 4.72. The zero-order chi connectivity index (χ0) is 19.5. The summed E-state index contributed by atoms with van der Waals surface area (Å²) in [5.41, 5.74) is 3.44. The van der Waals surface area contributed by atoms with Gasteiger partial charge in [0.15, 0.2) is 0 Å². The zero-order valence-electron chi connectivity index (χ0n) is 15.3. The number of carbonyl (C=O) groups is 2. The van der Waals surface area contributed by atoms with Crippen molar-refractivity contribution in [2.45, 2.75) is 13.0 Å². The Morgan fingerprint density at radius 1 is 0.929 bits per heavy atom. The molecule has 1 atom stereocenters. The van der Waals surface area contributed by atoms with E-state index in [2.05, 4.69) is 15.3 Å². The Kier molecular flexibility index (Phi) is 4.72. The van der Waals surface area contributed by atoms with Gasteiger partial charge in [-0.15, -0.1) is 0 Å². The highest BCUT2D eigenvalue weighted by molar-refractivity contribution is 6.45. The largest absolute Gasteiger partial charge is 0.358 e. The molecule has 5 heteroatoms. The number of nitrogens with one attached hydrogen (secondary N) is 2. The first-order valence-corrected chi connectivity index (χ1v) is 9.03. The molecule has 2 N–H and O–H groups in total. The van der Waals surface area contributed by atoms with Gasteiger partial charge in [0.1, 0.15) is 0 Å². The summed E-state index contributed by atoms with van der Waals surface area (Å²) < 4.78 is 0. The van der Waals surface area contributed by atoms with Gasteiger partial charge in [-0.2, -0.15) is 0 Å². The van der Waals surface area contributed by atoms with E-state index in [9.17, 15) is 9.59 Å². The van der Waals surface area contributed by atoms with Gasteiger partial charge in [-0.25, -0.2) is 0 Å². The standard InChI is InChI=1S/C23H19N3O2/c1-15-20(17-11-5-6-12-18(17)25-15)22(27)23(28)26-21(16-9-3-2-4-10-16)19-13-7-8-14-24-19/h2-14,21,25H,1H3,(H,26,28). The molecule has 0 saturated heterocycles. The molecule has 0 aliphatic rings. The van der Waals surface area contributed by atoms with Gasteiger partial charge in [0.25, 0.3) is 11.7 Å². The Hall–Kier alpha value is -3.73. The van der Waals surface area contributed by atoms with E-state index in [1.54, 1.807) is 13.1 Å². The maximum Gasteiger partial charge on any atom is 0.293 e. The summed E-state index contributed by atoms with van der Waals surface area (Å²) in [6.07, 6.45) is 1.67. The first kappa shape index (κ1) is 17.7. The van der Waals surface area contributed by atoms with Crippen LogP contribution in [0.1, 0.15) is 33.4 Å². The van der Waals surface area contributed by atoms with Gasteiger partial charge >= 0.3 is 0 Å². The average Bonchev–Trinajstić information content (AvgIpc) is 3.08. The van der Waals surface area contributed by atoms with Crippen molar-refractivity contribution >= 4 is 22.6 Å². The monoisotopic (exact) mass is 369 g/mol. The van der Waals surface area contributed by atoms with Gasteiger partial charge in [0.2, 0.25) is 0 Å². The minimum atomic E-state index is -0.660. The van der Waals surface area contributed by atoms with Crippen LogP contribution < -0.4 is 5.32 Å². The molecule has 0 fully saturated rings. The van der Waals surface area contributed by atoms with Crippen molar-refractivity contribution in [3.8, 4) is 0 Å². The molecule has 1 amide bonds. The van der Waals surface area contributed by atoms with E-state index in [0.29, 0.717) is 17.0 Å². The molecule has 0 radical (unpaired) electrons. The number of amides is 1. The van der Waals surface area contributed by atoms with E-state index in [1.165, 1.54) is 0 Å². The van der Waals surface area contributed by atoms with Crippen molar-refractivity contribution in [1.29, 1.82) is 0 Å². The van der Waals surface area contributed by atoms with Crippen LogP contribution in [0.25, 0.3) is 10.9 Å². The summed E-state index contributed by atoms with van der Waals surface area (Å²) in [6, 6.07) is 22.0. The van der Waals surface area contributed by atoms with E-state index >= 15 is 0 Å². The summed E-state index contributed by atoms with van der Waals surface area (Å²) in [5.74, 6) is -1.22. The topological polar surface area (TPSA) is 74.8 Å². The quantitative estimate of drug-likeness (QED) is 0.413. The molecule has 28 heavy (non-hydrogen) atoms. The van der Waals surface area contributed by atoms with E-state index in [0.717, 1.165) is 16.5 Å². The lowest BCUT2D eigenvalue weighted by Crippen LogP contribution is -2.35. The maximum atomic E-state index is 13.0. The number of benzene rings is 2. The highest BCUT2D eigenvalue weighted by Crippen LogP contribution is 2.24. The number of ketones is 1. The molecule has 5 nitrogen and oxygen atoms in total. The number of hydrogen-bond acceptors (Lipinski definition) is 3. The minimum Gasteiger partial charge on any atom is -0.358 e. The Balaban J connectivity index is 1.68. The van der Waals surface area contributed by atoms with Crippen molar-refractivity contribution in [3.63, 3.8) is 0 Å². The first-order valence-electron chi connectivity index (χ1n) is 9.03. The molecule has 2 heterocycles. The number of aryl methyl sites for hydroxylation is 1. The third kappa shape index (κ3) is 3.30. The van der Waals surface area contributed by atoms with Gasteiger partial charge in [0, 0.05) is 22.8 Å². The lowest BCUT2D eigenvalue weighted by atomic mass is 10.0. The fraction of sp³-hybridized carbons (Fsp3) is 0.0870. The van der Waals surface area contributed by atoms with Crippen molar-refractivity contribution in [2.24, 2.45) is 0 Å².